The Kier molecular flexibility index (Phi) is 3.40. The van der Waals surface area contributed by atoms with Crippen LogP contribution in [0.25, 0.3) is 0 Å². The predicted molar refractivity (Wildman–Crippen MR) is 70.9 cm³/mol. The summed E-state index contributed by atoms with van der Waals surface area (Å²) in [5, 5.41) is 0. The molecule has 0 atom stereocenters. The van der Waals surface area contributed by atoms with E-state index in [1.54, 1.807) is 12.1 Å². The lowest BCUT2D eigenvalue weighted by Crippen LogP contribution is -2.25. The van der Waals surface area contributed by atoms with E-state index in [9.17, 15) is 9.18 Å². The summed E-state index contributed by atoms with van der Waals surface area (Å²) in [6.07, 6.45) is 2.60. The monoisotopic (exact) mass is 277 g/mol. The Bertz CT molecular complexity index is 570. The molecule has 1 saturated carbocycles. The maximum atomic E-state index is 12.4. The summed E-state index contributed by atoms with van der Waals surface area (Å²) in [6, 6.07) is 3.74. The van der Waals surface area contributed by atoms with Crippen molar-refractivity contribution < 1.29 is 13.9 Å². The number of rotatable bonds is 5. The van der Waals surface area contributed by atoms with Crippen LogP contribution in [0, 0.1) is 0 Å². The van der Waals surface area contributed by atoms with Crippen molar-refractivity contribution in [1.29, 1.82) is 0 Å². The summed E-state index contributed by atoms with van der Waals surface area (Å²) >= 11 is 0. The molecule has 20 heavy (non-hydrogen) atoms. The van der Waals surface area contributed by atoms with Crippen LogP contribution in [0.1, 0.15) is 28.9 Å². The molecule has 0 spiro atoms. The van der Waals surface area contributed by atoms with Gasteiger partial charge in [0, 0.05) is 24.2 Å². The SMILES string of the molecule is NC/C(=C\F)COc1ccc2c(n1)CN(C1CC1)C2=O. The number of ether oxygens (including phenoxy) is 1. The molecular weight excluding hydrogens is 261 g/mol. The Balaban J connectivity index is 1.71. The van der Waals surface area contributed by atoms with Gasteiger partial charge in [-0.1, -0.05) is 0 Å². The summed E-state index contributed by atoms with van der Waals surface area (Å²) in [6.45, 7) is 0.715. The van der Waals surface area contributed by atoms with Crippen LogP contribution in [0.3, 0.4) is 0 Å². The van der Waals surface area contributed by atoms with Gasteiger partial charge >= 0.3 is 0 Å². The number of halogens is 1. The summed E-state index contributed by atoms with van der Waals surface area (Å²) in [4.78, 5) is 18.3. The number of fused-ring (bicyclic) bond motifs is 1. The lowest BCUT2D eigenvalue weighted by molar-refractivity contribution is 0.0766. The number of carbonyl (C=O) groups is 1. The van der Waals surface area contributed by atoms with Crippen LogP contribution in [0.4, 0.5) is 4.39 Å². The zero-order chi connectivity index (χ0) is 14.1. The van der Waals surface area contributed by atoms with E-state index in [-0.39, 0.29) is 19.1 Å². The number of carbonyl (C=O) groups excluding carboxylic acids is 1. The van der Waals surface area contributed by atoms with Gasteiger partial charge in [-0.3, -0.25) is 4.79 Å². The van der Waals surface area contributed by atoms with E-state index < -0.39 is 0 Å². The van der Waals surface area contributed by atoms with E-state index in [0.717, 1.165) is 18.5 Å². The highest BCUT2D eigenvalue weighted by Gasteiger charge is 2.38. The van der Waals surface area contributed by atoms with Crippen LogP contribution in [0.2, 0.25) is 0 Å². The molecule has 0 radical (unpaired) electrons. The lowest BCUT2D eigenvalue weighted by atomic mass is 10.2. The molecule has 5 nitrogen and oxygen atoms in total. The summed E-state index contributed by atoms with van der Waals surface area (Å²) in [5.41, 5.74) is 7.10. The third kappa shape index (κ3) is 2.38. The van der Waals surface area contributed by atoms with Gasteiger partial charge in [0.1, 0.15) is 6.61 Å². The van der Waals surface area contributed by atoms with Gasteiger partial charge < -0.3 is 15.4 Å². The number of pyridine rings is 1. The fraction of sp³-hybridized carbons (Fsp3) is 0.429. The second kappa shape index (κ2) is 5.20. The van der Waals surface area contributed by atoms with Crippen molar-refractivity contribution in [1.82, 2.24) is 9.88 Å². The Morgan fingerprint density at radius 2 is 2.35 bits per heavy atom. The predicted octanol–water partition coefficient (Wildman–Crippen LogP) is 1.39. The van der Waals surface area contributed by atoms with Gasteiger partial charge in [0.05, 0.1) is 24.1 Å². The lowest BCUT2D eigenvalue weighted by Gasteiger charge is -2.12. The van der Waals surface area contributed by atoms with Crippen molar-refractivity contribution in [2.75, 3.05) is 13.2 Å². The molecule has 1 aliphatic carbocycles. The molecular formula is C14H16FN3O2. The minimum absolute atomic E-state index is 0.0489. The van der Waals surface area contributed by atoms with E-state index in [1.807, 2.05) is 4.90 Å². The topological polar surface area (TPSA) is 68.5 Å². The van der Waals surface area contributed by atoms with Gasteiger partial charge in [-0.05, 0) is 18.9 Å². The molecule has 1 aromatic rings. The Hall–Kier alpha value is -1.95. The van der Waals surface area contributed by atoms with E-state index >= 15 is 0 Å². The number of hydrogen-bond acceptors (Lipinski definition) is 4. The van der Waals surface area contributed by atoms with E-state index in [2.05, 4.69) is 4.98 Å². The molecule has 0 unspecified atom stereocenters. The minimum atomic E-state index is 0.0489. The first-order valence-corrected chi connectivity index (χ1v) is 6.65. The minimum Gasteiger partial charge on any atom is -0.473 e. The molecule has 0 aromatic carbocycles. The van der Waals surface area contributed by atoms with Crippen LogP contribution < -0.4 is 10.5 Å². The van der Waals surface area contributed by atoms with Gasteiger partial charge in [0.15, 0.2) is 0 Å². The highest BCUT2D eigenvalue weighted by atomic mass is 19.1. The quantitative estimate of drug-likeness (QED) is 0.883. The second-order valence-electron chi connectivity index (χ2n) is 5.07. The zero-order valence-corrected chi connectivity index (χ0v) is 11.0. The van der Waals surface area contributed by atoms with Gasteiger partial charge in [-0.2, -0.15) is 0 Å². The number of hydrogen-bond donors (Lipinski definition) is 1. The maximum Gasteiger partial charge on any atom is 0.256 e. The van der Waals surface area contributed by atoms with Crippen LogP contribution in [-0.2, 0) is 6.54 Å². The van der Waals surface area contributed by atoms with Crippen LogP contribution in [0.5, 0.6) is 5.88 Å². The first-order chi connectivity index (χ1) is 9.72. The van der Waals surface area contributed by atoms with Crippen molar-refractivity contribution in [2.45, 2.75) is 25.4 Å². The van der Waals surface area contributed by atoms with Crippen LogP contribution in [-0.4, -0.2) is 35.0 Å². The van der Waals surface area contributed by atoms with E-state index in [4.69, 9.17) is 10.5 Å². The van der Waals surface area contributed by atoms with Gasteiger partial charge in [-0.15, -0.1) is 0 Å². The normalized spacial score (nSPS) is 18.4. The smallest absolute Gasteiger partial charge is 0.256 e. The maximum absolute atomic E-state index is 12.4. The van der Waals surface area contributed by atoms with Gasteiger partial charge in [-0.25, -0.2) is 9.37 Å². The number of nitrogens with two attached hydrogens (primary N) is 1. The molecule has 6 heteroatoms. The van der Waals surface area contributed by atoms with Crippen LogP contribution >= 0.6 is 0 Å². The molecule has 106 valence electrons. The molecule has 1 fully saturated rings. The Labute approximate surface area is 116 Å². The van der Waals surface area contributed by atoms with Crippen molar-refractivity contribution in [3.8, 4) is 5.88 Å². The second-order valence-corrected chi connectivity index (χ2v) is 5.07. The zero-order valence-electron chi connectivity index (χ0n) is 11.0. The van der Waals surface area contributed by atoms with E-state index in [1.165, 1.54) is 0 Å². The fourth-order valence-corrected chi connectivity index (χ4v) is 2.25. The highest BCUT2D eigenvalue weighted by Crippen LogP contribution is 2.34. The summed E-state index contributed by atoms with van der Waals surface area (Å²) in [7, 11) is 0. The average Bonchev–Trinajstić information content (AvgIpc) is 3.25. The Morgan fingerprint density at radius 3 is 3.00 bits per heavy atom. The third-order valence-electron chi connectivity index (χ3n) is 3.57. The standard InChI is InChI=1S/C14H16FN3O2/c15-5-9(6-16)8-20-13-4-3-11-12(17-13)7-18(14(11)19)10-1-2-10/h3-5,10H,1-2,6-8,16H2/b9-5+. The van der Waals surface area contributed by atoms with E-state index in [0.29, 0.717) is 35.9 Å². The fourth-order valence-electron chi connectivity index (χ4n) is 2.25. The number of nitrogens with zero attached hydrogens (tertiary/aromatic N) is 2. The third-order valence-corrected chi connectivity index (χ3v) is 3.57. The first kappa shape index (κ1) is 13.1. The molecule has 0 bridgehead atoms. The Morgan fingerprint density at radius 1 is 1.55 bits per heavy atom. The average molecular weight is 277 g/mol. The largest absolute Gasteiger partial charge is 0.473 e. The highest BCUT2D eigenvalue weighted by molar-refractivity contribution is 5.98. The number of aromatic nitrogens is 1. The van der Waals surface area contributed by atoms with Crippen molar-refractivity contribution in [3.63, 3.8) is 0 Å². The van der Waals surface area contributed by atoms with Crippen molar-refractivity contribution in [2.24, 2.45) is 5.73 Å². The molecule has 2 N–H and O–H groups in total. The molecule has 2 heterocycles. The first-order valence-electron chi connectivity index (χ1n) is 6.65. The molecule has 1 aromatic heterocycles. The molecule has 1 aliphatic heterocycles. The molecule has 0 saturated heterocycles. The molecule has 3 rings (SSSR count). The van der Waals surface area contributed by atoms with Crippen molar-refractivity contribution in [3.05, 3.63) is 35.3 Å². The van der Waals surface area contributed by atoms with Gasteiger partial charge in [0.2, 0.25) is 5.88 Å². The van der Waals surface area contributed by atoms with Crippen molar-refractivity contribution >= 4 is 5.91 Å². The number of amides is 1. The van der Waals surface area contributed by atoms with Crippen LogP contribution in [0.15, 0.2) is 24.0 Å². The van der Waals surface area contributed by atoms with Gasteiger partial charge in [0.25, 0.3) is 5.91 Å². The molecule has 2 aliphatic rings. The molecule has 1 amide bonds. The summed E-state index contributed by atoms with van der Waals surface area (Å²) in [5.74, 6) is 0.440. The summed E-state index contributed by atoms with van der Waals surface area (Å²) < 4.78 is 17.8.